The van der Waals surface area contributed by atoms with Gasteiger partial charge in [0.05, 0.1) is 6.61 Å². The molecule has 0 amide bonds. The maximum atomic E-state index is 12.3. The van der Waals surface area contributed by atoms with Gasteiger partial charge in [-0.05, 0) is 98.8 Å². The lowest BCUT2D eigenvalue weighted by molar-refractivity contribution is -0.138. The first-order chi connectivity index (χ1) is 12.5. The van der Waals surface area contributed by atoms with Crippen LogP contribution in [0.25, 0.3) is 0 Å². The Bertz CT molecular complexity index is 763. The lowest BCUT2D eigenvalue weighted by Gasteiger charge is -2.49. The smallest absolute Gasteiger partial charge is 0.333 e. The Labute approximate surface area is 156 Å². The van der Waals surface area contributed by atoms with Crippen molar-refractivity contribution in [2.45, 2.75) is 65.2 Å². The standard InChI is InChI=1S/C23H30O3/c1-4-26-22(25)14(2)20-9-10-21-19-7-5-15-13-16(24)6-8-17(15)18(19)11-12-23(20,21)3/h6,8,13,18-19,21,24H,4-5,7,9-12H2,1-3H3. The van der Waals surface area contributed by atoms with Gasteiger partial charge >= 0.3 is 5.97 Å². The molecule has 1 N–H and O–H groups in total. The van der Waals surface area contributed by atoms with Gasteiger partial charge in [-0.1, -0.05) is 18.6 Å². The van der Waals surface area contributed by atoms with E-state index in [1.807, 2.05) is 26.0 Å². The number of carbonyl (C=O) groups is 1. The van der Waals surface area contributed by atoms with Gasteiger partial charge in [0, 0.05) is 5.57 Å². The molecule has 2 saturated carbocycles. The first-order valence-electron chi connectivity index (χ1n) is 10.1. The van der Waals surface area contributed by atoms with Crippen LogP contribution < -0.4 is 0 Å². The van der Waals surface area contributed by atoms with Crippen LogP contribution in [0.5, 0.6) is 5.75 Å². The molecule has 4 unspecified atom stereocenters. The molecule has 1 aromatic rings. The number of esters is 1. The van der Waals surface area contributed by atoms with Crippen LogP contribution in [0.4, 0.5) is 0 Å². The number of rotatable bonds is 2. The molecule has 2 fully saturated rings. The Morgan fingerprint density at radius 3 is 2.85 bits per heavy atom. The minimum atomic E-state index is -0.129. The molecule has 3 heteroatoms. The Hall–Kier alpha value is -1.77. The number of aryl methyl sites for hydroxylation is 1. The first kappa shape index (κ1) is 17.6. The summed E-state index contributed by atoms with van der Waals surface area (Å²) >= 11 is 0. The molecule has 0 aliphatic heterocycles. The fourth-order valence-corrected chi connectivity index (χ4v) is 6.36. The van der Waals surface area contributed by atoms with Gasteiger partial charge in [-0.25, -0.2) is 4.79 Å². The molecule has 0 bridgehead atoms. The molecule has 0 heterocycles. The normalized spacial score (nSPS) is 34.5. The van der Waals surface area contributed by atoms with Crippen molar-refractivity contribution in [1.82, 2.24) is 0 Å². The average molecular weight is 354 g/mol. The second-order valence-electron chi connectivity index (χ2n) is 8.62. The fourth-order valence-electron chi connectivity index (χ4n) is 6.36. The van der Waals surface area contributed by atoms with Crippen LogP contribution in [0.2, 0.25) is 0 Å². The molecule has 3 aliphatic rings. The molecule has 0 aromatic heterocycles. The largest absolute Gasteiger partial charge is 0.508 e. The molecular formula is C23H30O3. The zero-order chi connectivity index (χ0) is 18.5. The van der Waals surface area contributed by atoms with Gasteiger partial charge in [-0.3, -0.25) is 0 Å². The van der Waals surface area contributed by atoms with Crippen molar-refractivity contribution in [2.24, 2.45) is 17.3 Å². The van der Waals surface area contributed by atoms with Crippen molar-refractivity contribution < 1.29 is 14.6 Å². The summed E-state index contributed by atoms with van der Waals surface area (Å²) < 4.78 is 5.28. The number of hydrogen-bond donors (Lipinski definition) is 1. The number of hydrogen-bond acceptors (Lipinski definition) is 3. The number of ether oxygens (including phenoxy) is 1. The van der Waals surface area contributed by atoms with Gasteiger partial charge in [0.15, 0.2) is 0 Å². The molecule has 4 atom stereocenters. The predicted octanol–water partition coefficient (Wildman–Crippen LogP) is 5.13. The summed E-state index contributed by atoms with van der Waals surface area (Å²) in [6.07, 6.45) is 6.81. The molecule has 26 heavy (non-hydrogen) atoms. The summed E-state index contributed by atoms with van der Waals surface area (Å²) in [6, 6.07) is 5.96. The van der Waals surface area contributed by atoms with E-state index in [4.69, 9.17) is 4.74 Å². The van der Waals surface area contributed by atoms with E-state index in [2.05, 4.69) is 13.0 Å². The number of phenols is 1. The third-order valence-electron chi connectivity index (χ3n) is 7.53. The maximum Gasteiger partial charge on any atom is 0.333 e. The molecule has 3 nitrogen and oxygen atoms in total. The lowest BCUT2D eigenvalue weighted by Crippen LogP contribution is -2.40. The highest BCUT2D eigenvalue weighted by Gasteiger charge is 2.53. The molecule has 1 aromatic carbocycles. The molecule has 0 spiro atoms. The fraction of sp³-hybridized carbons (Fsp3) is 0.609. The lowest BCUT2D eigenvalue weighted by atomic mass is 9.55. The van der Waals surface area contributed by atoms with Crippen LogP contribution in [-0.2, 0) is 16.0 Å². The maximum absolute atomic E-state index is 12.3. The summed E-state index contributed by atoms with van der Waals surface area (Å²) in [7, 11) is 0. The Balaban J connectivity index is 1.66. The average Bonchev–Trinajstić information content (AvgIpc) is 2.98. The number of benzene rings is 1. The van der Waals surface area contributed by atoms with Crippen molar-refractivity contribution in [3.05, 3.63) is 40.5 Å². The first-order valence-corrected chi connectivity index (χ1v) is 10.1. The molecular weight excluding hydrogens is 324 g/mol. The highest BCUT2D eigenvalue weighted by Crippen LogP contribution is 2.63. The molecule has 3 aliphatic carbocycles. The van der Waals surface area contributed by atoms with E-state index in [0.717, 1.165) is 24.8 Å². The van der Waals surface area contributed by atoms with Crippen molar-refractivity contribution in [2.75, 3.05) is 6.61 Å². The van der Waals surface area contributed by atoms with E-state index in [0.29, 0.717) is 30.1 Å². The minimum Gasteiger partial charge on any atom is -0.508 e. The van der Waals surface area contributed by atoms with Crippen LogP contribution in [0, 0.1) is 17.3 Å². The zero-order valence-corrected chi connectivity index (χ0v) is 16.2. The summed E-state index contributed by atoms with van der Waals surface area (Å²) in [5.74, 6) is 2.22. The molecule has 0 saturated heterocycles. The number of carbonyl (C=O) groups excluding carboxylic acids is 1. The van der Waals surface area contributed by atoms with E-state index in [9.17, 15) is 9.90 Å². The van der Waals surface area contributed by atoms with Gasteiger partial charge < -0.3 is 9.84 Å². The van der Waals surface area contributed by atoms with Gasteiger partial charge in [0.25, 0.3) is 0 Å². The minimum absolute atomic E-state index is 0.129. The van der Waals surface area contributed by atoms with Crippen molar-refractivity contribution in [1.29, 1.82) is 0 Å². The molecule has 0 radical (unpaired) electrons. The monoisotopic (exact) mass is 354 g/mol. The Morgan fingerprint density at radius 2 is 2.08 bits per heavy atom. The number of aromatic hydroxyl groups is 1. The van der Waals surface area contributed by atoms with Crippen LogP contribution in [-0.4, -0.2) is 17.7 Å². The van der Waals surface area contributed by atoms with Crippen LogP contribution in [0.1, 0.15) is 69.9 Å². The van der Waals surface area contributed by atoms with E-state index < -0.39 is 0 Å². The van der Waals surface area contributed by atoms with E-state index in [1.54, 1.807) is 0 Å². The highest BCUT2D eigenvalue weighted by molar-refractivity contribution is 5.89. The predicted molar refractivity (Wildman–Crippen MR) is 102 cm³/mol. The van der Waals surface area contributed by atoms with Crippen LogP contribution >= 0.6 is 0 Å². The van der Waals surface area contributed by atoms with Gasteiger partial charge in [-0.2, -0.15) is 0 Å². The van der Waals surface area contributed by atoms with Crippen LogP contribution in [0.15, 0.2) is 29.3 Å². The Morgan fingerprint density at radius 1 is 1.27 bits per heavy atom. The van der Waals surface area contributed by atoms with Gasteiger partial charge in [-0.15, -0.1) is 0 Å². The van der Waals surface area contributed by atoms with Crippen molar-refractivity contribution in [3.63, 3.8) is 0 Å². The second kappa shape index (κ2) is 6.44. The van der Waals surface area contributed by atoms with Gasteiger partial charge in [0.2, 0.25) is 0 Å². The van der Waals surface area contributed by atoms with E-state index >= 15 is 0 Å². The van der Waals surface area contributed by atoms with Crippen molar-refractivity contribution in [3.8, 4) is 5.75 Å². The van der Waals surface area contributed by atoms with E-state index in [1.165, 1.54) is 36.0 Å². The van der Waals surface area contributed by atoms with Crippen LogP contribution in [0.3, 0.4) is 0 Å². The highest BCUT2D eigenvalue weighted by atomic mass is 16.5. The van der Waals surface area contributed by atoms with Crippen molar-refractivity contribution >= 4 is 5.97 Å². The molecule has 140 valence electrons. The summed E-state index contributed by atoms with van der Waals surface area (Å²) in [5, 5.41) is 9.82. The SMILES string of the molecule is CCOC(=O)C(C)=C1CCC2C3CCc4cc(O)ccc4C3CCC12C. The number of allylic oxidation sites excluding steroid dienone is 1. The molecule has 4 rings (SSSR count). The summed E-state index contributed by atoms with van der Waals surface area (Å²) in [5.41, 5.74) is 5.16. The van der Waals surface area contributed by atoms with E-state index in [-0.39, 0.29) is 11.4 Å². The zero-order valence-electron chi connectivity index (χ0n) is 16.2. The Kier molecular flexibility index (Phi) is 4.37. The second-order valence-corrected chi connectivity index (χ2v) is 8.62. The topological polar surface area (TPSA) is 46.5 Å². The quantitative estimate of drug-likeness (QED) is 0.592. The summed E-state index contributed by atoms with van der Waals surface area (Å²) in [4.78, 5) is 12.3. The number of phenolic OH excluding ortho intramolecular Hbond substituents is 1. The van der Waals surface area contributed by atoms with Gasteiger partial charge in [0.1, 0.15) is 5.75 Å². The third kappa shape index (κ3) is 2.59. The summed E-state index contributed by atoms with van der Waals surface area (Å²) in [6.45, 7) is 6.67. The third-order valence-corrected chi connectivity index (χ3v) is 7.53. The number of fused-ring (bicyclic) bond motifs is 5.